The van der Waals surface area contributed by atoms with Gasteiger partial charge in [0.1, 0.15) is 0 Å². The molecule has 1 N–H and O–H groups in total. The van der Waals surface area contributed by atoms with Crippen LogP contribution in [0.15, 0.2) is 36.4 Å². The highest BCUT2D eigenvalue weighted by molar-refractivity contribution is 6.31. The van der Waals surface area contributed by atoms with Crippen molar-refractivity contribution in [1.29, 1.82) is 0 Å². The lowest BCUT2D eigenvalue weighted by molar-refractivity contribution is 0.102. The maximum Gasteiger partial charge on any atom is 0.255 e. The lowest BCUT2D eigenvalue weighted by Gasteiger charge is -2.09. The molecule has 0 fully saturated rings. The van der Waals surface area contributed by atoms with Gasteiger partial charge in [0.2, 0.25) is 6.79 Å². The van der Waals surface area contributed by atoms with Gasteiger partial charge < -0.3 is 14.8 Å². The molecule has 0 saturated heterocycles. The predicted molar refractivity (Wildman–Crippen MR) is 76.7 cm³/mol. The van der Waals surface area contributed by atoms with E-state index in [1.807, 2.05) is 13.0 Å². The minimum absolute atomic E-state index is 0.188. The summed E-state index contributed by atoms with van der Waals surface area (Å²) in [5.74, 6) is 1.02. The Labute approximate surface area is 121 Å². The molecule has 102 valence electrons. The maximum absolute atomic E-state index is 12.2. The van der Waals surface area contributed by atoms with Crippen LogP contribution in [0.3, 0.4) is 0 Å². The molecule has 0 atom stereocenters. The lowest BCUT2D eigenvalue weighted by Crippen LogP contribution is -2.12. The van der Waals surface area contributed by atoms with Crippen molar-refractivity contribution in [2.24, 2.45) is 0 Å². The molecule has 0 spiro atoms. The summed E-state index contributed by atoms with van der Waals surface area (Å²) in [7, 11) is 0. The molecule has 3 rings (SSSR count). The Balaban J connectivity index is 1.84. The van der Waals surface area contributed by atoms with E-state index in [-0.39, 0.29) is 12.7 Å². The van der Waals surface area contributed by atoms with E-state index in [2.05, 4.69) is 5.32 Å². The van der Waals surface area contributed by atoms with E-state index in [4.69, 9.17) is 21.1 Å². The quantitative estimate of drug-likeness (QED) is 0.918. The number of benzene rings is 2. The number of fused-ring (bicyclic) bond motifs is 1. The number of nitrogens with one attached hydrogen (secondary N) is 1. The first kappa shape index (κ1) is 12.8. The van der Waals surface area contributed by atoms with Crippen LogP contribution in [0, 0.1) is 6.92 Å². The summed E-state index contributed by atoms with van der Waals surface area (Å²) in [4.78, 5) is 12.2. The van der Waals surface area contributed by atoms with Crippen LogP contribution in [0.5, 0.6) is 11.5 Å². The predicted octanol–water partition coefficient (Wildman–Crippen LogP) is 3.63. The fraction of sp³-hybridized carbons (Fsp3) is 0.133. The Morgan fingerprint density at radius 2 is 1.95 bits per heavy atom. The maximum atomic E-state index is 12.2. The monoisotopic (exact) mass is 289 g/mol. The van der Waals surface area contributed by atoms with Gasteiger partial charge in [-0.25, -0.2) is 0 Å². The minimum atomic E-state index is -0.214. The SMILES string of the molecule is Cc1ccc(Cl)cc1NC(=O)c1ccc2c(c1)OCO2. The van der Waals surface area contributed by atoms with Gasteiger partial charge in [-0.15, -0.1) is 0 Å². The molecular weight excluding hydrogens is 278 g/mol. The Morgan fingerprint density at radius 3 is 2.80 bits per heavy atom. The number of halogens is 1. The summed E-state index contributed by atoms with van der Waals surface area (Å²) in [5.41, 5.74) is 2.15. The molecule has 0 unspecified atom stereocenters. The molecule has 0 radical (unpaired) electrons. The Morgan fingerprint density at radius 1 is 1.15 bits per heavy atom. The molecule has 1 amide bonds. The standard InChI is InChI=1S/C15H12ClNO3/c1-9-2-4-11(16)7-12(9)17-15(18)10-3-5-13-14(6-10)20-8-19-13/h2-7H,8H2,1H3,(H,17,18). The van der Waals surface area contributed by atoms with Gasteiger partial charge in [0.15, 0.2) is 11.5 Å². The highest BCUT2D eigenvalue weighted by Crippen LogP contribution is 2.32. The minimum Gasteiger partial charge on any atom is -0.454 e. The number of anilines is 1. The molecule has 1 heterocycles. The molecule has 0 bridgehead atoms. The van der Waals surface area contributed by atoms with E-state index >= 15 is 0 Å². The molecule has 2 aromatic carbocycles. The van der Waals surface area contributed by atoms with Crippen LogP contribution in [0.4, 0.5) is 5.69 Å². The number of hydrogen-bond acceptors (Lipinski definition) is 3. The number of rotatable bonds is 2. The smallest absolute Gasteiger partial charge is 0.255 e. The van der Waals surface area contributed by atoms with Crippen molar-refractivity contribution >= 4 is 23.2 Å². The van der Waals surface area contributed by atoms with Crippen molar-refractivity contribution in [2.75, 3.05) is 12.1 Å². The number of hydrogen-bond donors (Lipinski definition) is 1. The van der Waals surface area contributed by atoms with E-state index in [0.717, 1.165) is 5.56 Å². The first-order valence-electron chi connectivity index (χ1n) is 6.10. The van der Waals surface area contributed by atoms with Crippen molar-refractivity contribution in [2.45, 2.75) is 6.92 Å². The highest BCUT2D eigenvalue weighted by atomic mass is 35.5. The van der Waals surface area contributed by atoms with Crippen LogP contribution in [0.1, 0.15) is 15.9 Å². The third kappa shape index (κ3) is 2.42. The van der Waals surface area contributed by atoms with Crippen molar-refractivity contribution in [3.8, 4) is 11.5 Å². The zero-order valence-corrected chi connectivity index (χ0v) is 11.5. The molecule has 4 nitrogen and oxygen atoms in total. The fourth-order valence-electron chi connectivity index (χ4n) is 1.96. The van der Waals surface area contributed by atoms with Crippen LogP contribution in [0.25, 0.3) is 0 Å². The summed E-state index contributed by atoms with van der Waals surface area (Å²) in [5, 5.41) is 3.42. The van der Waals surface area contributed by atoms with Crippen LogP contribution < -0.4 is 14.8 Å². The molecule has 5 heteroatoms. The number of carbonyl (C=O) groups excluding carboxylic acids is 1. The number of aryl methyl sites for hydroxylation is 1. The normalized spacial score (nSPS) is 12.3. The molecule has 2 aromatic rings. The summed E-state index contributed by atoms with van der Waals surface area (Å²) in [6.45, 7) is 2.10. The van der Waals surface area contributed by atoms with Crippen LogP contribution in [-0.4, -0.2) is 12.7 Å². The zero-order valence-electron chi connectivity index (χ0n) is 10.8. The Hall–Kier alpha value is -2.20. The molecular formula is C15H12ClNO3. The average molecular weight is 290 g/mol. The van der Waals surface area contributed by atoms with Crippen molar-refractivity contribution < 1.29 is 14.3 Å². The van der Waals surface area contributed by atoms with Crippen LogP contribution >= 0.6 is 11.6 Å². The number of carbonyl (C=O) groups is 1. The van der Waals surface area contributed by atoms with Gasteiger partial charge in [-0.2, -0.15) is 0 Å². The molecule has 1 aliphatic heterocycles. The summed E-state index contributed by atoms with van der Waals surface area (Å²) in [6, 6.07) is 10.5. The van der Waals surface area contributed by atoms with Gasteiger partial charge in [-0.3, -0.25) is 4.79 Å². The topological polar surface area (TPSA) is 47.6 Å². The third-order valence-corrected chi connectivity index (χ3v) is 3.32. The van der Waals surface area contributed by atoms with Crippen LogP contribution in [-0.2, 0) is 0 Å². The lowest BCUT2D eigenvalue weighted by atomic mass is 10.1. The third-order valence-electron chi connectivity index (χ3n) is 3.08. The van der Waals surface area contributed by atoms with E-state index in [1.54, 1.807) is 30.3 Å². The van der Waals surface area contributed by atoms with E-state index in [1.165, 1.54) is 0 Å². The Bertz CT molecular complexity index is 685. The van der Waals surface area contributed by atoms with Crippen molar-refractivity contribution in [3.05, 3.63) is 52.5 Å². The fourth-order valence-corrected chi connectivity index (χ4v) is 2.13. The van der Waals surface area contributed by atoms with Gasteiger partial charge in [0.25, 0.3) is 5.91 Å². The second kappa shape index (κ2) is 5.06. The van der Waals surface area contributed by atoms with Gasteiger partial charge in [-0.05, 0) is 42.8 Å². The highest BCUT2D eigenvalue weighted by Gasteiger charge is 2.16. The largest absolute Gasteiger partial charge is 0.454 e. The number of amides is 1. The van der Waals surface area contributed by atoms with E-state index in [9.17, 15) is 4.79 Å². The second-order valence-electron chi connectivity index (χ2n) is 4.48. The van der Waals surface area contributed by atoms with E-state index in [0.29, 0.717) is 27.8 Å². The van der Waals surface area contributed by atoms with E-state index < -0.39 is 0 Å². The zero-order chi connectivity index (χ0) is 14.1. The summed E-state index contributed by atoms with van der Waals surface area (Å²) < 4.78 is 10.5. The van der Waals surface area contributed by atoms with Gasteiger partial charge in [0.05, 0.1) is 0 Å². The first-order valence-corrected chi connectivity index (χ1v) is 6.48. The number of ether oxygens (including phenoxy) is 2. The summed E-state index contributed by atoms with van der Waals surface area (Å²) in [6.07, 6.45) is 0. The molecule has 0 aliphatic carbocycles. The molecule has 20 heavy (non-hydrogen) atoms. The molecule has 0 aromatic heterocycles. The van der Waals surface area contributed by atoms with Gasteiger partial charge in [-0.1, -0.05) is 17.7 Å². The first-order chi connectivity index (χ1) is 9.63. The molecule has 1 aliphatic rings. The second-order valence-corrected chi connectivity index (χ2v) is 4.92. The van der Waals surface area contributed by atoms with Gasteiger partial charge >= 0.3 is 0 Å². The average Bonchev–Trinajstić information content (AvgIpc) is 2.90. The van der Waals surface area contributed by atoms with Gasteiger partial charge in [0, 0.05) is 16.3 Å². The van der Waals surface area contributed by atoms with Crippen molar-refractivity contribution in [3.63, 3.8) is 0 Å². The molecule has 0 saturated carbocycles. The Kier molecular flexibility index (Phi) is 3.24. The van der Waals surface area contributed by atoms with Crippen LogP contribution in [0.2, 0.25) is 5.02 Å². The summed E-state index contributed by atoms with van der Waals surface area (Å²) >= 11 is 5.94. The van der Waals surface area contributed by atoms with Crippen molar-refractivity contribution in [1.82, 2.24) is 0 Å².